The molecule has 1 aromatic rings. The monoisotopic (exact) mass is 318 g/mol. The number of hydrogen-bond donors (Lipinski definition) is 2. The summed E-state index contributed by atoms with van der Waals surface area (Å²) in [5.41, 5.74) is 5.54. The maximum atomic E-state index is 13.4. The Hall–Kier alpha value is -1.14. The number of benzene rings is 1. The third-order valence-electron chi connectivity index (χ3n) is 2.17. The molecule has 1 amide bonds. The summed E-state index contributed by atoms with van der Waals surface area (Å²) in [7, 11) is 0. The summed E-state index contributed by atoms with van der Waals surface area (Å²) in [6.45, 7) is 2.14. The number of nitrogens with two attached hydrogens (primary N) is 1. The molecule has 0 spiro atoms. The summed E-state index contributed by atoms with van der Waals surface area (Å²) < 4.78 is 19.0. The molecule has 0 aliphatic rings. The van der Waals surface area contributed by atoms with E-state index in [1.54, 1.807) is 6.07 Å². The predicted octanol–water partition coefficient (Wildman–Crippen LogP) is 1.82. The molecule has 1 unspecified atom stereocenters. The fourth-order valence-corrected chi connectivity index (χ4v) is 1.56. The van der Waals surface area contributed by atoms with Crippen molar-refractivity contribution in [3.63, 3.8) is 0 Å². The highest BCUT2D eigenvalue weighted by Gasteiger charge is 2.07. The maximum Gasteiger partial charge on any atom is 0.257 e. The smallest absolute Gasteiger partial charge is 0.257 e. The summed E-state index contributed by atoms with van der Waals surface area (Å²) in [5, 5.41) is 2.64. The molecule has 0 bridgehead atoms. The Balaban J connectivity index is 2.33. The molecule has 0 fully saturated rings. The van der Waals surface area contributed by atoms with Crippen LogP contribution in [-0.4, -0.2) is 25.1 Å². The Kier molecular flexibility index (Phi) is 6.07. The minimum Gasteiger partial charge on any atom is -0.481 e. The van der Waals surface area contributed by atoms with Gasteiger partial charge in [-0.2, -0.15) is 0 Å². The van der Waals surface area contributed by atoms with Gasteiger partial charge in [0.2, 0.25) is 0 Å². The minimum absolute atomic E-state index is 0.0372. The molecule has 3 N–H and O–H groups in total. The number of rotatable bonds is 6. The van der Waals surface area contributed by atoms with E-state index in [1.165, 1.54) is 12.1 Å². The quantitative estimate of drug-likeness (QED) is 0.841. The SMILES string of the molecule is CC(N)CCNC(=O)COc1ccc(Br)cc1F. The van der Waals surface area contributed by atoms with Crippen molar-refractivity contribution in [2.45, 2.75) is 19.4 Å². The van der Waals surface area contributed by atoms with Crippen LogP contribution in [0.3, 0.4) is 0 Å². The molecule has 0 aliphatic carbocycles. The van der Waals surface area contributed by atoms with Gasteiger partial charge in [0.25, 0.3) is 5.91 Å². The second-order valence-corrected chi connectivity index (χ2v) is 4.90. The normalized spacial score (nSPS) is 12.0. The van der Waals surface area contributed by atoms with Crippen LogP contribution in [-0.2, 0) is 4.79 Å². The van der Waals surface area contributed by atoms with Gasteiger partial charge in [-0.3, -0.25) is 4.79 Å². The molecule has 0 aromatic heterocycles. The first-order valence-corrected chi connectivity index (χ1v) is 6.38. The molecular formula is C12H16BrFN2O2. The second-order valence-electron chi connectivity index (χ2n) is 3.98. The van der Waals surface area contributed by atoms with Gasteiger partial charge in [-0.25, -0.2) is 4.39 Å². The number of ether oxygens (including phenoxy) is 1. The fourth-order valence-electron chi connectivity index (χ4n) is 1.23. The molecule has 4 nitrogen and oxygen atoms in total. The zero-order chi connectivity index (χ0) is 13.5. The highest BCUT2D eigenvalue weighted by molar-refractivity contribution is 9.10. The van der Waals surface area contributed by atoms with Crippen molar-refractivity contribution >= 4 is 21.8 Å². The highest BCUT2D eigenvalue weighted by atomic mass is 79.9. The molecule has 0 saturated heterocycles. The van der Waals surface area contributed by atoms with Crippen LogP contribution in [0.25, 0.3) is 0 Å². The average molecular weight is 319 g/mol. The van der Waals surface area contributed by atoms with Crippen LogP contribution < -0.4 is 15.8 Å². The molecule has 0 aliphatic heterocycles. The van der Waals surface area contributed by atoms with Crippen LogP contribution in [0, 0.1) is 5.82 Å². The third kappa shape index (κ3) is 5.46. The molecule has 1 aromatic carbocycles. The largest absolute Gasteiger partial charge is 0.481 e. The van der Waals surface area contributed by atoms with Gasteiger partial charge in [0, 0.05) is 17.1 Å². The van der Waals surface area contributed by atoms with Crippen molar-refractivity contribution < 1.29 is 13.9 Å². The minimum atomic E-state index is -0.507. The molecule has 0 saturated carbocycles. The summed E-state index contributed by atoms with van der Waals surface area (Å²) in [4.78, 5) is 11.4. The number of amides is 1. The van der Waals surface area contributed by atoms with Crippen LogP contribution >= 0.6 is 15.9 Å². The second kappa shape index (κ2) is 7.33. The van der Waals surface area contributed by atoms with Gasteiger partial charge in [-0.05, 0) is 31.5 Å². The first kappa shape index (κ1) is 14.9. The fraction of sp³-hybridized carbons (Fsp3) is 0.417. The van der Waals surface area contributed by atoms with Gasteiger partial charge >= 0.3 is 0 Å². The van der Waals surface area contributed by atoms with Gasteiger partial charge in [-0.1, -0.05) is 15.9 Å². The average Bonchev–Trinajstić information content (AvgIpc) is 2.27. The first-order valence-electron chi connectivity index (χ1n) is 5.59. The molecule has 0 heterocycles. The molecule has 1 rings (SSSR count). The number of nitrogens with one attached hydrogen (secondary N) is 1. The van der Waals surface area contributed by atoms with E-state index in [4.69, 9.17) is 10.5 Å². The summed E-state index contributed by atoms with van der Waals surface area (Å²) in [6.07, 6.45) is 0.693. The standard InChI is InChI=1S/C12H16BrFN2O2/c1-8(15)4-5-16-12(17)7-18-11-3-2-9(13)6-10(11)14/h2-3,6,8H,4-5,7,15H2,1H3,(H,16,17). The van der Waals surface area contributed by atoms with Crippen LogP contribution in [0.2, 0.25) is 0 Å². The maximum absolute atomic E-state index is 13.4. The Morgan fingerprint density at radius 1 is 1.61 bits per heavy atom. The highest BCUT2D eigenvalue weighted by Crippen LogP contribution is 2.21. The number of carbonyl (C=O) groups is 1. The lowest BCUT2D eigenvalue weighted by Crippen LogP contribution is -2.32. The molecule has 6 heteroatoms. The number of halogens is 2. The van der Waals surface area contributed by atoms with Gasteiger partial charge in [0.1, 0.15) is 0 Å². The zero-order valence-corrected chi connectivity index (χ0v) is 11.7. The molecule has 18 heavy (non-hydrogen) atoms. The summed E-state index contributed by atoms with van der Waals surface area (Å²) in [5.74, 6) is -0.744. The number of carbonyl (C=O) groups excluding carboxylic acids is 1. The van der Waals surface area contributed by atoms with Gasteiger partial charge in [0.05, 0.1) is 0 Å². The predicted molar refractivity (Wildman–Crippen MR) is 70.9 cm³/mol. The Morgan fingerprint density at radius 3 is 2.94 bits per heavy atom. The van der Waals surface area contributed by atoms with E-state index in [1.807, 2.05) is 6.92 Å². The lowest BCUT2D eigenvalue weighted by atomic mass is 10.2. The summed E-state index contributed by atoms with van der Waals surface area (Å²) in [6, 6.07) is 4.43. The van der Waals surface area contributed by atoms with Crippen molar-refractivity contribution in [2.75, 3.05) is 13.2 Å². The van der Waals surface area contributed by atoms with Gasteiger partial charge in [0.15, 0.2) is 18.2 Å². The van der Waals surface area contributed by atoms with Crippen molar-refractivity contribution in [2.24, 2.45) is 5.73 Å². The molecule has 100 valence electrons. The Labute approximate surface area is 114 Å². The van der Waals surface area contributed by atoms with Crippen molar-refractivity contribution in [3.05, 3.63) is 28.5 Å². The lowest BCUT2D eigenvalue weighted by Gasteiger charge is -2.09. The molecular weight excluding hydrogens is 303 g/mol. The Bertz CT molecular complexity index is 413. The van der Waals surface area contributed by atoms with Gasteiger partial charge < -0.3 is 15.8 Å². The van der Waals surface area contributed by atoms with Gasteiger partial charge in [-0.15, -0.1) is 0 Å². The third-order valence-corrected chi connectivity index (χ3v) is 2.67. The van der Waals surface area contributed by atoms with E-state index in [9.17, 15) is 9.18 Å². The van der Waals surface area contributed by atoms with E-state index >= 15 is 0 Å². The van der Waals surface area contributed by atoms with Crippen molar-refractivity contribution in [3.8, 4) is 5.75 Å². The molecule has 1 atom stereocenters. The van der Waals surface area contributed by atoms with E-state index in [0.717, 1.165) is 0 Å². The van der Waals surface area contributed by atoms with Crippen LogP contribution in [0.5, 0.6) is 5.75 Å². The van der Waals surface area contributed by atoms with Crippen molar-refractivity contribution in [1.29, 1.82) is 0 Å². The topological polar surface area (TPSA) is 64.3 Å². The van der Waals surface area contributed by atoms with Crippen LogP contribution in [0.4, 0.5) is 4.39 Å². The van der Waals surface area contributed by atoms with E-state index < -0.39 is 5.82 Å². The van der Waals surface area contributed by atoms with E-state index in [2.05, 4.69) is 21.2 Å². The Morgan fingerprint density at radius 2 is 2.33 bits per heavy atom. The summed E-state index contributed by atoms with van der Waals surface area (Å²) >= 11 is 3.14. The van der Waals surface area contributed by atoms with Crippen LogP contribution in [0.15, 0.2) is 22.7 Å². The lowest BCUT2D eigenvalue weighted by molar-refractivity contribution is -0.123. The zero-order valence-electron chi connectivity index (χ0n) is 10.1. The van der Waals surface area contributed by atoms with Crippen LogP contribution in [0.1, 0.15) is 13.3 Å². The van der Waals surface area contributed by atoms with E-state index in [-0.39, 0.29) is 24.3 Å². The molecule has 0 radical (unpaired) electrons. The first-order chi connectivity index (χ1) is 8.49. The van der Waals surface area contributed by atoms with Crippen molar-refractivity contribution in [1.82, 2.24) is 5.32 Å². The van der Waals surface area contributed by atoms with E-state index in [0.29, 0.717) is 17.4 Å². The number of hydrogen-bond acceptors (Lipinski definition) is 3.